The van der Waals surface area contributed by atoms with Gasteiger partial charge in [0.05, 0.1) is 0 Å². The first kappa shape index (κ1) is 11.4. The summed E-state index contributed by atoms with van der Waals surface area (Å²) in [6.07, 6.45) is 5.19. The number of allylic oxidation sites excluding steroid dienone is 4. The van der Waals surface area contributed by atoms with E-state index >= 15 is 0 Å². The Kier molecular flexibility index (Phi) is 3.44. The highest BCUT2D eigenvalue weighted by molar-refractivity contribution is 9.10. The zero-order valence-corrected chi connectivity index (χ0v) is 10.3. The van der Waals surface area contributed by atoms with Crippen molar-refractivity contribution in [3.8, 4) is 5.75 Å². The highest BCUT2D eigenvalue weighted by Gasteiger charge is 2.09. The topological polar surface area (TPSA) is 20.2 Å². The first-order valence-corrected chi connectivity index (χ1v) is 5.96. The molecule has 0 radical (unpaired) electrons. The number of hydrogen-bond acceptors (Lipinski definition) is 1. The molecule has 0 fully saturated rings. The van der Waals surface area contributed by atoms with Crippen LogP contribution in [0.15, 0.2) is 46.2 Å². The number of aromatic hydroxyl groups is 1. The number of rotatable bonds is 2. The van der Waals surface area contributed by atoms with E-state index in [1.54, 1.807) is 18.2 Å². The van der Waals surface area contributed by atoms with Crippen LogP contribution < -0.4 is 0 Å². The Bertz CT molecular complexity index is 463. The Morgan fingerprint density at radius 3 is 2.75 bits per heavy atom. The molecule has 0 bridgehead atoms. The minimum atomic E-state index is -0.0674. The van der Waals surface area contributed by atoms with Gasteiger partial charge in [0.1, 0.15) is 11.6 Å². The van der Waals surface area contributed by atoms with Gasteiger partial charge < -0.3 is 5.11 Å². The van der Waals surface area contributed by atoms with Gasteiger partial charge in [-0.2, -0.15) is 0 Å². The molecule has 0 saturated heterocycles. The average molecular weight is 283 g/mol. The van der Waals surface area contributed by atoms with E-state index in [1.807, 2.05) is 6.07 Å². The Balaban J connectivity index is 2.18. The van der Waals surface area contributed by atoms with Crippen LogP contribution >= 0.6 is 15.9 Å². The molecule has 0 heterocycles. The second-order valence-electron chi connectivity index (χ2n) is 3.89. The standard InChI is InChI=1S/C13H12BrFO/c14-11-3-6-13(16)10(8-11)7-9-1-4-12(15)5-2-9/h1,3-4,6,8,16H,2,5,7H2. The Morgan fingerprint density at radius 1 is 1.25 bits per heavy atom. The average Bonchev–Trinajstić information content (AvgIpc) is 2.27. The fourth-order valence-electron chi connectivity index (χ4n) is 1.74. The number of phenols is 1. The Morgan fingerprint density at radius 2 is 2.06 bits per heavy atom. The van der Waals surface area contributed by atoms with E-state index in [9.17, 15) is 9.50 Å². The van der Waals surface area contributed by atoms with Crippen LogP contribution in [-0.4, -0.2) is 5.11 Å². The monoisotopic (exact) mass is 282 g/mol. The predicted octanol–water partition coefficient (Wildman–Crippen LogP) is 4.27. The lowest BCUT2D eigenvalue weighted by atomic mass is 9.97. The van der Waals surface area contributed by atoms with Crippen molar-refractivity contribution in [2.75, 3.05) is 0 Å². The third-order valence-corrected chi connectivity index (χ3v) is 3.14. The maximum atomic E-state index is 12.8. The van der Waals surface area contributed by atoms with Crippen LogP contribution in [0.25, 0.3) is 0 Å². The van der Waals surface area contributed by atoms with Crippen molar-refractivity contribution in [2.24, 2.45) is 0 Å². The minimum absolute atomic E-state index is 0.0674. The molecule has 84 valence electrons. The van der Waals surface area contributed by atoms with Crippen molar-refractivity contribution in [1.82, 2.24) is 0 Å². The molecule has 2 rings (SSSR count). The van der Waals surface area contributed by atoms with Gasteiger partial charge in [-0.15, -0.1) is 0 Å². The van der Waals surface area contributed by atoms with Crippen molar-refractivity contribution >= 4 is 15.9 Å². The van der Waals surface area contributed by atoms with Crippen LogP contribution in [0.4, 0.5) is 4.39 Å². The maximum absolute atomic E-state index is 12.8. The number of phenolic OH excluding ortho intramolecular Hbond substituents is 1. The van der Waals surface area contributed by atoms with Gasteiger partial charge in [-0.3, -0.25) is 0 Å². The van der Waals surface area contributed by atoms with Gasteiger partial charge in [0.15, 0.2) is 0 Å². The normalized spacial score (nSPS) is 15.6. The molecule has 1 aromatic rings. The van der Waals surface area contributed by atoms with Gasteiger partial charge in [-0.1, -0.05) is 27.6 Å². The van der Waals surface area contributed by atoms with Crippen LogP contribution in [0.1, 0.15) is 18.4 Å². The molecule has 0 atom stereocenters. The molecule has 1 aliphatic carbocycles. The smallest absolute Gasteiger partial charge is 0.119 e. The molecular formula is C13H12BrFO. The molecule has 0 aliphatic heterocycles. The summed E-state index contributed by atoms with van der Waals surface area (Å²) in [5.41, 5.74) is 2.02. The molecule has 1 nitrogen and oxygen atoms in total. The second kappa shape index (κ2) is 4.83. The third-order valence-electron chi connectivity index (χ3n) is 2.64. The molecule has 0 unspecified atom stereocenters. The summed E-state index contributed by atoms with van der Waals surface area (Å²) in [5.74, 6) is 0.223. The van der Waals surface area contributed by atoms with Crippen molar-refractivity contribution in [1.29, 1.82) is 0 Å². The molecule has 0 aromatic heterocycles. The van der Waals surface area contributed by atoms with Crippen molar-refractivity contribution in [3.63, 3.8) is 0 Å². The zero-order chi connectivity index (χ0) is 11.5. The predicted molar refractivity (Wildman–Crippen MR) is 66.0 cm³/mol. The van der Waals surface area contributed by atoms with E-state index in [0.29, 0.717) is 18.6 Å². The van der Waals surface area contributed by atoms with E-state index in [2.05, 4.69) is 15.9 Å². The minimum Gasteiger partial charge on any atom is -0.508 e. The number of hydrogen-bond donors (Lipinski definition) is 1. The summed E-state index contributed by atoms with van der Waals surface area (Å²) in [6.45, 7) is 0. The molecule has 0 spiro atoms. The van der Waals surface area contributed by atoms with Gasteiger partial charge in [0.2, 0.25) is 0 Å². The van der Waals surface area contributed by atoms with Crippen LogP contribution in [0.5, 0.6) is 5.75 Å². The van der Waals surface area contributed by atoms with E-state index in [0.717, 1.165) is 22.0 Å². The summed E-state index contributed by atoms with van der Waals surface area (Å²) in [5, 5.41) is 9.68. The highest BCUT2D eigenvalue weighted by Crippen LogP contribution is 2.28. The second-order valence-corrected chi connectivity index (χ2v) is 4.80. The quantitative estimate of drug-likeness (QED) is 0.859. The summed E-state index contributed by atoms with van der Waals surface area (Å²) in [7, 11) is 0. The molecule has 0 amide bonds. The van der Waals surface area contributed by atoms with Gasteiger partial charge in [0, 0.05) is 10.9 Å². The van der Waals surface area contributed by atoms with Gasteiger partial charge in [0.25, 0.3) is 0 Å². The van der Waals surface area contributed by atoms with E-state index in [1.165, 1.54) is 6.08 Å². The zero-order valence-electron chi connectivity index (χ0n) is 8.71. The first-order chi connectivity index (χ1) is 7.65. The van der Waals surface area contributed by atoms with Crippen LogP contribution in [0.3, 0.4) is 0 Å². The van der Waals surface area contributed by atoms with E-state index < -0.39 is 0 Å². The van der Waals surface area contributed by atoms with Gasteiger partial charge >= 0.3 is 0 Å². The lowest BCUT2D eigenvalue weighted by molar-refractivity contribution is 0.468. The molecule has 1 N–H and O–H groups in total. The molecule has 1 aromatic carbocycles. The third kappa shape index (κ3) is 2.73. The van der Waals surface area contributed by atoms with Crippen molar-refractivity contribution in [3.05, 3.63) is 51.8 Å². The largest absolute Gasteiger partial charge is 0.508 e. The van der Waals surface area contributed by atoms with E-state index in [-0.39, 0.29) is 5.83 Å². The summed E-state index contributed by atoms with van der Waals surface area (Å²) in [4.78, 5) is 0. The van der Waals surface area contributed by atoms with Crippen LogP contribution in [-0.2, 0) is 6.42 Å². The van der Waals surface area contributed by atoms with Gasteiger partial charge in [-0.05, 0) is 42.7 Å². The first-order valence-electron chi connectivity index (χ1n) is 5.16. The summed E-state index contributed by atoms with van der Waals surface area (Å²) < 4.78 is 13.7. The number of halogens is 2. The molecule has 3 heteroatoms. The number of benzene rings is 1. The summed E-state index contributed by atoms with van der Waals surface area (Å²) in [6, 6.07) is 5.36. The SMILES string of the molecule is Oc1ccc(Br)cc1CC1=CC=C(F)CC1. The highest BCUT2D eigenvalue weighted by atomic mass is 79.9. The Hall–Kier alpha value is -1.09. The molecular weight excluding hydrogens is 271 g/mol. The molecule has 1 aliphatic rings. The van der Waals surface area contributed by atoms with Gasteiger partial charge in [-0.25, -0.2) is 4.39 Å². The summed E-state index contributed by atoms with van der Waals surface area (Å²) >= 11 is 3.37. The van der Waals surface area contributed by atoms with Crippen LogP contribution in [0.2, 0.25) is 0 Å². The van der Waals surface area contributed by atoms with E-state index in [4.69, 9.17) is 0 Å². The lowest BCUT2D eigenvalue weighted by Gasteiger charge is -2.11. The van der Waals surface area contributed by atoms with Crippen molar-refractivity contribution in [2.45, 2.75) is 19.3 Å². The van der Waals surface area contributed by atoms with Crippen LogP contribution in [0, 0.1) is 0 Å². The maximum Gasteiger partial charge on any atom is 0.119 e. The fraction of sp³-hybridized carbons (Fsp3) is 0.231. The molecule has 16 heavy (non-hydrogen) atoms. The fourth-order valence-corrected chi connectivity index (χ4v) is 2.15. The van der Waals surface area contributed by atoms with Crippen molar-refractivity contribution < 1.29 is 9.50 Å². The molecule has 0 saturated carbocycles. The Labute approximate surface area is 102 Å². The lowest BCUT2D eigenvalue weighted by Crippen LogP contribution is -1.95.